The zero-order chi connectivity index (χ0) is 8.10. The van der Waals surface area contributed by atoms with Crippen molar-refractivity contribution in [2.75, 3.05) is 19.6 Å². The van der Waals surface area contributed by atoms with E-state index in [9.17, 15) is 0 Å². The van der Waals surface area contributed by atoms with Crippen LogP contribution in [0.1, 0.15) is 40.4 Å². The molecule has 0 aromatic carbocycles. The van der Waals surface area contributed by atoms with Crippen LogP contribution in [0.4, 0.5) is 0 Å². The molecule has 0 bridgehead atoms. The lowest BCUT2D eigenvalue weighted by Crippen LogP contribution is -2.30. The van der Waals surface area contributed by atoms with Crippen LogP contribution in [0.2, 0.25) is 0 Å². The molecule has 0 aromatic rings. The van der Waals surface area contributed by atoms with E-state index >= 15 is 0 Å². The van der Waals surface area contributed by atoms with Gasteiger partial charge in [-0.25, -0.2) is 0 Å². The van der Waals surface area contributed by atoms with Gasteiger partial charge in [-0.1, -0.05) is 19.8 Å². The van der Waals surface area contributed by atoms with E-state index < -0.39 is 0 Å². The van der Waals surface area contributed by atoms with Gasteiger partial charge in [0.15, 0.2) is 0 Å². The molecule has 0 spiro atoms. The van der Waals surface area contributed by atoms with Gasteiger partial charge in [0, 0.05) is 1.37 Å². The fourth-order valence-corrected chi connectivity index (χ4v) is 1.41. The molecule has 1 atom stereocenters. The van der Waals surface area contributed by atoms with Gasteiger partial charge in [-0.15, -0.1) is 0 Å². The van der Waals surface area contributed by atoms with E-state index in [1.807, 2.05) is 0 Å². The van der Waals surface area contributed by atoms with Gasteiger partial charge in [-0.05, 0) is 38.9 Å². The number of nitrogens with zero attached hydrogens (tertiary/aromatic N) is 1. The molecule has 1 rings (SSSR count). The Bertz CT molecular complexity index is 106. The van der Waals surface area contributed by atoms with Crippen molar-refractivity contribution in [2.24, 2.45) is 0 Å². The lowest BCUT2D eigenvalue weighted by atomic mass is 10.1. The summed E-state index contributed by atoms with van der Waals surface area (Å²) in [6.45, 7) is 5.68. The topological polar surface area (TPSA) is 3.24 Å². The maximum Gasteiger partial charge on any atom is 0.0280 e. The van der Waals surface area contributed by atoms with Crippen LogP contribution in [0.5, 0.6) is 0 Å². The van der Waals surface area contributed by atoms with Crippen molar-refractivity contribution in [1.82, 2.24) is 4.90 Å². The lowest BCUT2D eigenvalue weighted by molar-refractivity contribution is 0.226. The Balaban J connectivity index is 2.12. The molecule has 0 amide bonds. The maximum atomic E-state index is 7.60. The van der Waals surface area contributed by atoms with Gasteiger partial charge in [0.1, 0.15) is 0 Å². The molecule has 1 heteroatoms. The van der Waals surface area contributed by atoms with E-state index in [0.717, 1.165) is 13.0 Å². The molecule has 1 aliphatic heterocycles. The predicted molar refractivity (Wildman–Crippen MR) is 45.2 cm³/mol. The molecule has 10 heavy (non-hydrogen) atoms. The monoisotopic (exact) mass is 142 g/mol. The van der Waals surface area contributed by atoms with Crippen molar-refractivity contribution in [3.63, 3.8) is 0 Å². The zero-order valence-electron chi connectivity index (χ0n) is 7.97. The standard InChI is InChI=1S/C9H19N/c1-2-3-7-10-8-5-4-6-9-10/h2-9H2,1H3/i5D. The van der Waals surface area contributed by atoms with Crippen LogP contribution >= 0.6 is 0 Å². The number of likely N-dealkylation sites (tertiary alicyclic amines) is 1. The minimum Gasteiger partial charge on any atom is -0.303 e. The lowest BCUT2D eigenvalue weighted by Gasteiger charge is -2.25. The molecule has 1 nitrogen and oxygen atoms in total. The maximum absolute atomic E-state index is 7.60. The third-order valence-corrected chi connectivity index (χ3v) is 2.10. The summed E-state index contributed by atoms with van der Waals surface area (Å²) in [6.07, 6.45) is 5.12. The molecule has 0 radical (unpaired) electrons. The van der Waals surface area contributed by atoms with E-state index in [1.165, 1.54) is 32.4 Å². The van der Waals surface area contributed by atoms with Gasteiger partial charge in [-0.3, -0.25) is 0 Å². The van der Waals surface area contributed by atoms with Crippen molar-refractivity contribution in [3.05, 3.63) is 0 Å². The summed E-state index contributed by atoms with van der Waals surface area (Å²) in [5.41, 5.74) is 0. The van der Waals surface area contributed by atoms with Crippen LogP contribution in [0.25, 0.3) is 0 Å². The average Bonchev–Trinajstić information content (AvgIpc) is 2.01. The Labute approximate surface area is 65.8 Å². The van der Waals surface area contributed by atoms with Crippen LogP contribution in [-0.4, -0.2) is 24.5 Å². The van der Waals surface area contributed by atoms with Crippen LogP contribution in [0, 0.1) is 0 Å². The molecular formula is C9H19N. The van der Waals surface area contributed by atoms with Crippen molar-refractivity contribution < 1.29 is 1.37 Å². The first kappa shape index (κ1) is 6.66. The Morgan fingerprint density at radius 3 is 3.00 bits per heavy atom. The molecule has 1 aliphatic rings. The largest absolute Gasteiger partial charge is 0.303 e. The molecule has 1 unspecified atom stereocenters. The second kappa shape index (κ2) is 4.73. The summed E-state index contributed by atoms with van der Waals surface area (Å²) in [5, 5.41) is 0. The third kappa shape index (κ3) is 2.70. The molecule has 0 aliphatic carbocycles. The number of piperidine rings is 1. The minimum absolute atomic E-state index is 0.195. The molecule has 0 N–H and O–H groups in total. The summed E-state index contributed by atoms with van der Waals surface area (Å²) in [5.74, 6) is 0. The smallest absolute Gasteiger partial charge is 0.0280 e. The van der Waals surface area contributed by atoms with Gasteiger partial charge in [0.25, 0.3) is 0 Å². The second-order valence-corrected chi connectivity index (χ2v) is 3.09. The molecule has 0 aromatic heterocycles. The van der Waals surface area contributed by atoms with Gasteiger partial charge < -0.3 is 4.90 Å². The van der Waals surface area contributed by atoms with Gasteiger partial charge in [0.05, 0.1) is 0 Å². The fraction of sp³-hybridized carbons (Fsp3) is 1.00. The Morgan fingerprint density at radius 2 is 2.30 bits per heavy atom. The quantitative estimate of drug-likeness (QED) is 0.584. The van der Waals surface area contributed by atoms with Gasteiger partial charge in [-0.2, -0.15) is 0 Å². The first-order valence-electron chi connectivity index (χ1n) is 5.05. The summed E-state index contributed by atoms with van der Waals surface area (Å²) in [6, 6.07) is 0. The number of rotatable bonds is 3. The predicted octanol–water partition coefficient (Wildman–Crippen LogP) is 2.27. The van der Waals surface area contributed by atoms with Crippen LogP contribution < -0.4 is 0 Å². The molecule has 0 saturated carbocycles. The Kier molecular flexibility index (Phi) is 3.15. The Morgan fingerprint density at radius 1 is 1.40 bits per heavy atom. The minimum atomic E-state index is 0.195. The average molecular weight is 142 g/mol. The van der Waals surface area contributed by atoms with Crippen LogP contribution in [0.15, 0.2) is 0 Å². The van der Waals surface area contributed by atoms with E-state index in [-0.39, 0.29) is 6.40 Å². The highest BCUT2D eigenvalue weighted by Gasteiger charge is 2.07. The van der Waals surface area contributed by atoms with Crippen molar-refractivity contribution in [3.8, 4) is 0 Å². The summed E-state index contributed by atoms with van der Waals surface area (Å²) in [7, 11) is 0. The van der Waals surface area contributed by atoms with E-state index in [4.69, 9.17) is 1.37 Å². The Hall–Kier alpha value is -0.0400. The third-order valence-electron chi connectivity index (χ3n) is 2.10. The molecule has 1 heterocycles. The van der Waals surface area contributed by atoms with Gasteiger partial charge >= 0.3 is 0 Å². The highest BCUT2D eigenvalue weighted by atomic mass is 15.1. The van der Waals surface area contributed by atoms with E-state index in [0.29, 0.717) is 0 Å². The fourth-order valence-electron chi connectivity index (χ4n) is 1.41. The SMILES string of the molecule is [2H]C1CCCN(CCCC)C1. The first-order chi connectivity index (χ1) is 5.33. The highest BCUT2D eigenvalue weighted by molar-refractivity contribution is 4.63. The summed E-state index contributed by atoms with van der Waals surface area (Å²) in [4.78, 5) is 2.44. The van der Waals surface area contributed by atoms with Crippen molar-refractivity contribution in [1.29, 1.82) is 0 Å². The molecule has 1 fully saturated rings. The molecule has 1 saturated heterocycles. The summed E-state index contributed by atoms with van der Waals surface area (Å²) >= 11 is 0. The zero-order valence-corrected chi connectivity index (χ0v) is 6.97. The number of unbranched alkanes of at least 4 members (excludes halogenated alkanes) is 1. The summed E-state index contributed by atoms with van der Waals surface area (Å²) < 4.78 is 7.60. The van der Waals surface area contributed by atoms with Gasteiger partial charge in [0.2, 0.25) is 0 Å². The van der Waals surface area contributed by atoms with Crippen LogP contribution in [0.3, 0.4) is 0 Å². The normalized spacial score (nSPS) is 30.1. The van der Waals surface area contributed by atoms with E-state index in [1.54, 1.807) is 0 Å². The first-order valence-corrected chi connectivity index (χ1v) is 4.47. The number of hydrogen-bond acceptors (Lipinski definition) is 1. The van der Waals surface area contributed by atoms with Crippen molar-refractivity contribution in [2.45, 2.75) is 39.0 Å². The van der Waals surface area contributed by atoms with E-state index in [2.05, 4.69) is 11.8 Å². The number of hydrogen-bond donors (Lipinski definition) is 0. The highest BCUT2D eigenvalue weighted by Crippen LogP contribution is 2.08. The van der Waals surface area contributed by atoms with Crippen LogP contribution in [-0.2, 0) is 0 Å². The molecule has 60 valence electrons. The molecular weight excluding hydrogens is 122 g/mol. The van der Waals surface area contributed by atoms with Crippen molar-refractivity contribution >= 4 is 0 Å². The second-order valence-electron chi connectivity index (χ2n) is 3.09.